The first-order valence-electron chi connectivity index (χ1n) is 7.41. The molecule has 19 heavy (non-hydrogen) atoms. The van der Waals surface area contributed by atoms with Crippen LogP contribution in [0, 0.1) is 17.8 Å². The maximum atomic E-state index is 10.3. The first-order valence-corrected chi connectivity index (χ1v) is 7.41. The van der Waals surface area contributed by atoms with E-state index in [4.69, 9.17) is 4.74 Å². The molecule has 0 radical (unpaired) electrons. The van der Waals surface area contributed by atoms with Crippen molar-refractivity contribution >= 4 is 0 Å². The van der Waals surface area contributed by atoms with Crippen molar-refractivity contribution in [2.45, 2.75) is 45.6 Å². The Labute approximate surface area is 116 Å². The molecule has 2 rings (SSSR count). The lowest BCUT2D eigenvalue weighted by molar-refractivity contribution is 0.0376. The first-order chi connectivity index (χ1) is 9.11. The van der Waals surface area contributed by atoms with Crippen LogP contribution >= 0.6 is 0 Å². The molecule has 1 fully saturated rings. The van der Waals surface area contributed by atoms with E-state index in [0.29, 0.717) is 11.8 Å². The van der Waals surface area contributed by atoms with Crippen molar-refractivity contribution in [3.8, 4) is 5.75 Å². The minimum absolute atomic E-state index is 0.153. The smallest absolute Gasteiger partial charge is 0.122 e. The quantitative estimate of drug-likeness (QED) is 0.897. The van der Waals surface area contributed by atoms with E-state index in [-0.39, 0.29) is 6.10 Å². The van der Waals surface area contributed by atoms with Crippen LogP contribution in [0.25, 0.3) is 0 Å². The van der Waals surface area contributed by atoms with Gasteiger partial charge >= 0.3 is 0 Å². The number of para-hydroxylation sites is 1. The van der Waals surface area contributed by atoms with Crippen molar-refractivity contribution in [3.63, 3.8) is 0 Å². The number of aliphatic hydroxyl groups is 1. The van der Waals surface area contributed by atoms with Crippen molar-refractivity contribution in [1.29, 1.82) is 0 Å². The van der Waals surface area contributed by atoms with Gasteiger partial charge in [0.2, 0.25) is 0 Å². The van der Waals surface area contributed by atoms with Crippen LogP contribution in [0.5, 0.6) is 5.75 Å². The summed E-state index contributed by atoms with van der Waals surface area (Å²) in [7, 11) is 1.72. The van der Waals surface area contributed by atoms with E-state index in [1.165, 1.54) is 12.0 Å². The van der Waals surface area contributed by atoms with E-state index in [2.05, 4.69) is 19.9 Å². The molecular weight excluding hydrogens is 236 g/mol. The van der Waals surface area contributed by atoms with Crippen molar-refractivity contribution in [2.75, 3.05) is 7.11 Å². The van der Waals surface area contributed by atoms with E-state index in [0.717, 1.165) is 30.9 Å². The Morgan fingerprint density at radius 3 is 2.68 bits per heavy atom. The highest BCUT2D eigenvalue weighted by Gasteiger charge is 2.31. The lowest BCUT2D eigenvalue weighted by Crippen LogP contribution is -2.32. The summed E-state index contributed by atoms with van der Waals surface area (Å²) in [5.74, 6) is 2.79. The Hall–Kier alpha value is -1.02. The van der Waals surface area contributed by atoms with Crippen LogP contribution in [0.1, 0.15) is 38.7 Å². The lowest BCUT2D eigenvalue weighted by atomic mass is 9.73. The molecule has 1 aromatic rings. The molecule has 1 aliphatic rings. The van der Waals surface area contributed by atoms with Gasteiger partial charge in [0, 0.05) is 0 Å². The van der Waals surface area contributed by atoms with Gasteiger partial charge in [-0.2, -0.15) is 0 Å². The first kappa shape index (κ1) is 14.4. The van der Waals surface area contributed by atoms with Gasteiger partial charge in [0.15, 0.2) is 0 Å². The summed E-state index contributed by atoms with van der Waals surface area (Å²) >= 11 is 0. The van der Waals surface area contributed by atoms with Crippen LogP contribution in [0.4, 0.5) is 0 Å². The van der Waals surface area contributed by atoms with Crippen LogP contribution in [0.3, 0.4) is 0 Å². The third-order valence-electron chi connectivity index (χ3n) is 4.60. The number of aliphatic hydroxyl groups excluding tert-OH is 1. The van der Waals surface area contributed by atoms with E-state index in [1.807, 2.05) is 18.2 Å². The third-order valence-corrected chi connectivity index (χ3v) is 4.60. The van der Waals surface area contributed by atoms with Crippen molar-refractivity contribution in [2.24, 2.45) is 17.8 Å². The van der Waals surface area contributed by atoms with Crippen LogP contribution in [-0.4, -0.2) is 18.3 Å². The molecule has 1 N–H and O–H groups in total. The number of benzene rings is 1. The molecule has 106 valence electrons. The van der Waals surface area contributed by atoms with Crippen LogP contribution in [-0.2, 0) is 6.42 Å². The summed E-state index contributed by atoms with van der Waals surface area (Å²) in [5.41, 5.74) is 1.22. The summed E-state index contributed by atoms with van der Waals surface area (Å²) < 4.78 is 5.41. The highest BCUT2D eigenvalue weighted by atomic mass is 16.5. The van der Waals surface area contributed by atoms with Gasteiger partial charge in [-0.15, -0.1) is 0 Å². The molecule has 0 aliphatic heterocycles. The fourth-order valence-electron chi connectivity index (χ4n) is 3.26. The molecule has 0 saturated heterocycles. The fourth-order valence-corrected chi connectivity index (χ4v) is 3.26. The molecule has 1 aliphatic carbocycles. The van der Waals surface area contributed by atoms with Crippen molar-refractivity contribution in [1.82, 2.24) is 0 Å². The number of hydrogen-bond acceptors (Lipinski definition) is 2. The molecule has 3 atom stereocenters. The van der Waals surface area contributed by atoms with Gasteiger partial charge < -0.3 is 9.84 Å². The summed E-state index contributed by atoms with van der Waals surface area (Å²) in [6.07, 6.45) is 4.02. The number of methoxy groups -OCH3 is 1. The topological polar surface area (TPSA) is 29.5 Å². The molecule has 0 heterocycles. The predicted octanol–water partition coefficient (Wildman–Crippen LogP) is 3.67. The van der Waals surface area contributed by atoms with Crippen LogP contribution in [0.15, 0.2) is 24.3 Å². The highest BCUT2D eigenvalue weighted by Crippen LogP contribution is 2.36. The lowest BCUT2D eigenvalue weighted by Gasteiger charge is -2.35. The molecule has 1 aromatic carbocycles. The Balaban J connectivity index is 2.07. The Morgan fingerprint density at radius 1 is 1.26 bits per heavy atom. The number of hydrogen-bond donors (Lipinski definition) is 1. The fraction of sp³-hybridized carbons (Fsp3) is 0.647. The zero-order valence-corrected chi connectivity index (χ0v) is 12.3. The van der Waals surface area contributed by atoms with E-state index >= 15 is 0 Å². The van der Waals surface area contributed by atoms with Gasteiger partial charge in [-0.1, -0.05) is 32.0 Å². The predicted molar refractivity (Wildman–Crippen MR) is 78.4 cm³/mol. The Kier molecular flexibility index (Phi) is 4.87. The second-order valence-electron chi connectivity index (χ2n) is 6.16. The zero-order chi connectivity index (χ0) is 13.8. The number of rotatable bonds is 4. The monoisotopic (exact) mass is 262 g/mol. The van der Waals surface area contributed by atoms with Crippen molar-refractivity contribution < 1.29 is 9.84 Å². The largest absolute Gasteiger partial charge is 0.496 e. The highest BCUT2D eigenvalue weighted by molar-refractivity contribution is 5.33. The van der Waals surface area contributed by atoms with Gasteiger partial charge in [0.05, 0.1) is 13.2 Å². The van der Waals surface area contributed by atoms with Gasteiger partial charge in [-0.05, 0) is 55.1 Å². The van der Waals surface area contributed by atoms with E-state index in [1.54, 1.807) is 7.11 Å². The maximum absolute atomic E-state index is 10.3. The summed E-state index contributed by atoms with van der Waals surface area (Å²) in [5, 5.41) is 10.3. The molecular formula is C17H26O2. The normalized spacial score (nSPS) is 27.5. The summed E-state index contributed by atoms with van der Waals surface area (Å²) in [6.45, 7) is 4.59. The van der Waals surface area contributed by atoms with Crippen molar-refractivity contribution in [3.05, 3.63) is 29.8 Å². The van der Waals surface area contributed by atoms with Crippen LogP contribution in [0.2, 0.25) is 0 Å². The molecule has 3 unspecified atom stereocenters. The molecule has 2 nitrogen and oxygen atoms in total. The molecule has 1 saturated carbocycles. The third kappa shape index (κ3) is 3.50. The van der Waals surface area contributed by atoms with Crippen LogP contribution < -0.4 is 4.74 Å². The second kappa shape index (κ2) is 6.42. The average molecular weight is 262 g/mol. The zero-order valence-electron chi connectivity index (χ0n) is 12.3. The van der Waals surface area contributed by atoms with Gasteiger partial charge in [0.25, 0.3) is 0 Å². The second-order valence-corrected chi connectivity index (χ2v) is 6.16. The molecule has 0 spiro atoms. The Bertz CT molecular complexity index is 400. The Morgan fingerprint density at radius 2 is 2.00 bits per heavy atom. The van der Waals surface area contributed by atoms with E-state index < -0.39 is 0 Å². The summed E-state index contributed by atoms with van der Waals surface area (Å²) in [6, 6.07) is 8.17. The molecule has 0 amide bonds. The maximum Gasteiger partial charge on any atom is 0.122 e. The van der Waals surface area contributed by atoms with Gasteiger partial charge in [-0.25, -0.2) is 0 Å². The molecule has 0 bridgehead atoms. The molecule has 2 heteroatoms. The minimum Gasteiger partial charge on any atom is -0.496 e. The number of ether oxygens (including phenoxy) is 1. The van der Waals surface area contributed by atoms with Gasteiger partial charge in [-0.3, -0.25) is 0 Å². The molecule has 0 aromatic heterocycles. The summed E-state index contributed by atoms with van der Waals surface area (Å²) in [4.78, 5) is 0. The average Bonchev–Trinajstić information content (AvgIpc) is 2.41. The SMILES string of the molecule is COc1ccccc1CC1CC(C(C)C)CCC1O. The standard InChI is InChI=1S/C17H26O2/c1-12(2)13-8-9-16(18)15(10-13)11-14-6-4-5-7-17(14)19-3/h4-7,12-13,15-16,18H,8-11H2,1-3H3. The van der Waals surface area contributed by atoms with Gasteiger partial charge in [0.1, 0.15) is 5.75 Å². The van der Waals surface area contributed by atoms with E-state index in [9.17, 15) is 5.11 Å². The minimum atomic E-state index is -0.153.